The average Bonchev–Trinajstić information content (AvgIpc) is 3.03. The third-order valence-electron chi connectivity index (χ3n) is 5.08. The van der Waals surface area contributed by atoms with Gasteiger partial charge in [0.25, 0.3) is 0 Å². The summed E-state index contributed by atoms with van der Waals surface area (Å²) in [5.74, 6) is 0.811. The zero-order chi connectivity index (χ0) is 13.8. The molecule has 2 heterocycles. The molecule has 1 saturated carbocycles. The molecule has 0 bridgehead atoms. The zero-order valence-corrected chi connectivity index (χ0v) is 12.5. The van der Waals surface area contributed by atoms with E-state index in [1.165, 1.54) is 50.6 Å². The molecule has 0 spiro atoms. The first-order chi connectivity index (χ1) is 9.84. The molecule has 0 aromatic carbocycles. The predicted octanol–water partition coefficient (Wildman–Crippen LogP) is 3.04. The molecule has 1 saturated heterocycles. The highest BCUT2D eigenvalue weighted by molar-refractivity contribution is 5.13. The van der Waals surface area contributed by atoms with Gasteiger partial charge in [-0.1, -0.05) is 18.9 Å². The van der Waals surface area contributed by atoms with E-state index in [4.69, 9.17) is 0 Å². The van der Waals surface area contributed by atoms with Crippen molar-refractivity contribution < 1.29 is 0 Å². The standard InChI is InChI=1S/C17H27N3/c1-13(14-6-4-10-18-12-14)20-17-8-3-2-7-15(17)16-9-5-11-19-16/h4,6,10,12-13,15-17,19-20H,2-3,5,7-9,11H2,1H3/t13-,15?,16?,17?/m1/s1. The second kappa shape index (κ2) is 6.68. The maximum Gasteiger partial charge on any atom is 0.0315 e. The SMILES string of the molecule is C[C@@H](NC1CCCCC1C1CCCN1)c1cccnc1. The Morgan fingerprint density at radius 3 is 2.90 bits per heavy atom. The Hall–Kier alpha value is -0.930. The van der Waals surface area contributed by atoms with E-state index in [9.17, 15) is 0 Å². The van der Waals surface area contributed by atoms with Crippen molar-refractivity contribution in [1.82, 2.24) is 15.6 Å². The minimum Gasteiger partial charge on any atom is -0.314 e. The highest BCUT2D eigenvalue weighted by atomic mass is 15.0. The number of aromatic nitrogens is 1. The Labute approximate surface area is 122 Å². The summed E-state index contributed by atoms with van der Waals surface area (Å²) in [6, 6.07) is 6.01. The van der Waals surface area contributed by atoms with Crippen molar-refractivity contribution in [2.45, 2.75) is 63.6 Å². The number of rotatable bonds is 4. The first-order valence-corrected chi connectivity index (χ1v) is 8.24. The van der Waals surface area contributed by atoms with Crippen LogP contribution in [0.1, 0.15) is 57.1 Å². The largest absolute Gasteiger partial charge is 0.314 e. The van der Waals surface area contributed by atoms with Gasteiger partial charge in [-0.25, -0.2) is 0 Å². The van der Waals surface area contributed by atoms with Crippen LogP contribution in [0.2, 0.25) is 0 Å². The van der Waals surface area contributed by atoms with Crippen LogP contribution in [0, 0.1) is 5.92 Å². The first kappa shape index (κ1) is 14.0. The van der Waals surface area contributed by atoms with Gasteiger partial charge in [0.05, 0.1) is 0 Å². The third-order valence-corrected chi connectivity index (χ3v) is 5.08. The summed E-state index contributed by atoms with van der Waals surface area (Å²) in [5.41, 5.74) is 1.30. The second-order valence-corrected chi connectivity index (χ2v) is 6.43. The Balaban J connectivity index is 1.64. The molecule has 20 heavy (non-hydrogen) atoms. The summed E-state index contributed by atoms with van der Waals surface area (Å²) >= 11 is 0. The van der Waals surface area contributed by atoms with Crippen molar-refractivity contribution in [3.8, 4) is 0 Å². The van der Waals surface area contributed by atoms with Crippen molar-refractivity contribution in [2.24, 2.45) is 5.92 Å². The van der Waals surface area contributed by atoms with E-state index in [2.05, 4.69) is 28.6 Å². The molecule has 2 aliphatic rings. The maximum absolute atomic E-state index is 4.24. The van der Waals surface area contributed by atoms with Crippen molar-refractivity contribution in [1.29, 1.82) is 0 Å². The van der Waals surface area contributed by atoms with Crippen LogP contribution in [0.5, 0.6) is 0 Å². The quantitative estimate of drug-likeness (QED) is 0.885. The van der Waals surface area contributed by atoms with Crippen molar-refractivity contribution in [3.63, 3.8) is 0 Å². The summed E-state index contributed by atoms with van der Waals surface area (Å²) in [4.78, 5) is 4.24. The smallest absolute Gasteiger partial charge is 0.0315 e. The number of hydrogen-bond donors (Lipinski definition) is 2. The summed E-state index contributed by atoms with van der Waals surface area (Å²) in [7, 11) is 0. The van der Waals surface area contributed by atoms with E-state index in [1.54, 1.807) is 0 Å². The molecule has 3 heteroatoms. The molecule has 1 aliphatic heterocycles. The van der Waals surface area contributed by atoms with E-state index in [1.807, 2.05) is 18.5 Å². The fourth-order valence-electron chi connectivity index (χ4n) is 3.97. The monoisotopic (exact) mass is 273 g/mol. The highest BCUT2D eigenvalue weighted by Crippen LogP contribution is 2.32. The molecular formula is C17H27N3. The lowest BCUT2D eigenvalue weighted by Crippen LogP contribution is -2.47. The molecule has 3 unspecified atom stereocenters. The van der Waals surface area contributed by atoms with Crippen LogP contribution in [0.3, 0.4) is 0 Å². The second-order valence-electron chi connectivity index (χ2n) is 6.43. The molecule has 2 N–H and O–H groups in total. The Kier molecular flexibility index (Phi) is 4.69. The lowest BCUT2D eigenvalue weighted by molar-refractivity contribution is 0.203. The minimum atomic E-state index is 0.399. The van der Waals surface area contributed by atoms with Gasteiger partial charge in [-0.3, -0.25) is 4.98 Å². The van der Waals surface area contributed by atoms with E-state index >= 15 is 0 Å². The number of pyridine rings is 1. The van der Waals surface area contributed by atoms with Crippen LogP contribution in [0.4, 0.5) is 0 Å². The molecular weight excluding hydrogens is 246 g/mol. The first-order valence-electron chi connectivity index (χ1n) is 8.24. The van der Waals surface area contributed by atoms with Gasteiger partial charge < -0.3 is 10.6 Å². The van der Waals surface area contributed by atoms with Crippen molar-refractivity contribution in [2.75, 3.05) is 6.54 Å². The Morgan fingerprint density at radius 2 is 2.15 bits per heavy atom. The van der Waals surface area contributed by atoms with Gasteiger partial charge in [-0.05, 0) is 56.7 Å². The summed E-state index contributed by atoms with van der Waals surface area (Å²) in [6.45, 7) is 3.48. The van der Waals surface area contributed by atoms with E-state index < -0.39 is 0 Å². The normalized spacial score (nSPS) is 32.1. The van der Waals surface area contributed by atoms with E-state index in [-0.39, 0.29) is 0 Å². The van der Waals surface area contributed by atoms with Crippen LogP contribution in [-0.4, -0.2) is 23.6 Å². The minimum absolute atomic E-state index is 0.399. The number of hydrogen-bond acceptors (Lipinski definition) is 3. The molecule has 1 aromatic heterocycles. The van der Waals surface area contributed by atoms with Gasteiger partial charge in [0.1, 0.15) is 0 Å². The average molecular weight is 273 g/mol. The zero-order valence-electron chi connectivity index (χ0n) is 12.5. The van der Waals surface area contributed by atoms with Crippen molar-refractivity contribution in [3.05, 3.63) is 30.1 Å². The van der Waals surface area contributed by atoms with Crippen molar-refractivity contribution >= 4 is 0 Å². The topological polar surface area (TPSA) is 37.0 Å². The molecule has 3 nitrogen and oxygen atoms in total. The Morgan fingerprint density at radius 1 is 1.25 bits per heavy atom. The van der Waals surface area contributed by atoms with Crippen LogP contribution in [0.25, 0.3) is 0 Å². The van der Waals surface area contributed by atoms with Gasteiger partial charge in [0, 0.05) is 30.5 Å². The lowest BCUT2D eigenvalue weighted by Gasteiger charge is -2.38. The molecule has 4 atom stereocenters. The van der Waals surface area contributed by atoms with Gasteiger partial charge in [0.2, 0.25) is 0 Å². The molecule has 110 valence electrons. The van der Waals surface area contributed by atoms with E-state index in [0.29, 0.717) is 12.1 Å². The highest BCUT2D eigenvalue weighted by Gasteiger charge is 2.33. The lowest BCUT2D eigenvalue weighted by atomic mass is 9.79. The fourth-order valence-corrected chi connectivity index (χ4v) is 3.97. The molecule has 3 rings (SSSR count). The molecule has 0 radical (unpaired) electrons. The van der Waals surface area contributed by atoms with Gasteiger partial charge in [-0.15, -0.1) is 0 Å². The van der Waals surface area contributed by atoms with Gasteiger partial charge in [-0.2, -0.15) is 0 Å². The predicted molar refractivity (Wildman–Crippen MR) is 82.6 cm³/mol. The fraction of sp³-hybridized carbons (Fsp3) is 0.706. The van der Waals surface area contributed by atoms with Gasteiger partial charge >= 0.3 is 0 Å². The molecule has 2 fully saturated rings. The van der Waals surface area contributed by atoms with Crippen LogP contribution < -0.4 is 10.6 Å². The Bertz CT molecular complexity index is 400. The van der Waals surface area contributed by atoms with Crippen LogP contribution in [0.15, 0.2) is 24.5 Å². The van der Waals surface area contributed by atoms with Gasteiger partial charge in [0.15, 0.2) is 0 Å². The van der Waals surface area contributed by atoms with Crippen LogP contribution in [-0.2, 0) is 0 Å². The molecule has 1 aliphatic carbocycles. The summed E-state index contributed by atoms with van der Waals surface area (Å²) in [5, 5.41) is 7.60. The number of nitrogens with zero attached hydrogens (tertiary/aromatic N) is 1. The summed E-state index contributed by atoms with van der Waals surface area (Å²) in [6.07, 6.45) is 12.0. The van der Waals surface area contributed by atoms with E-state index in [0.717, 1.165) is 12.0 Å². The number of nitrogens with one attached hydrogen (secondary N) is 2. The third kappa shape index (κ3) is 3.21. The van der Waals surface area contributed by atoms with Crippen LogP contribution >= 0.6 is 0 Å². The molecule has 1 aromatic rings. The molecule has 0 amide bonds. The summed E-state index contributed by atoms with van der Waals surface area (Å²) < 4.78 is 0. The maximum atomic E-state index is 4.24.